The van der Waals surface area contributed by atoms with Gasteiger partial charge >= 0.3 is 11.9 Å². The molecule has 0 heterocycles. The van der Waals surface area contributed by atoms with Crippen molar-refractivity contribution < 1.29 is 14.7 Å². The summed E-state index contributed by atoms with van der Waals surface area (Å²) in [7, 11) is 0. The summed E-state index contributed by atoms with van der Waals surface area (Å²) in [6, 6.07) is 8.88. The van der Waals surface area contributed by atoms with Crippen molar-refractivity contribution in [2.24, 2.45) is 10.2 Å². The summed E-state index contributed by atoms with van der Waals surface area (Å²) in [6.45, 7) is -0.153. The number of hydrogen-bond acceptors (Lipinski definition) is 4. The molecule has 1 amide bonds. The van der Waals surface area contributed by atoms with Gasteiger partial charge in [-0.25, -0.2) is 9.80 Å². The molecule has 0 fully saturated rings. The third kappa shape index (κ3) is 4.88. The standard InChI is InChI=1S/C11H11N5O3/c12-15-13-6-7-16(10(17)11(18)19)14-8-9-4-2-1-3-5-9/h1-5,8H,6-7H2,(H,18,19). The van der Waals surface area contributed by atoms with Crippen LogP contribution < -0.4 is 0 Å². The number of carbonyl (C=O) groups is 2. The molecule has 8 heteroatoms. The highest BCUT2D eigenvalue weighted by atomic mass is 16.4. The third-order valence-corrected chi connectivity index (χ3v) is 2.04. The normalized spacial score (nSPS) is 9.89. The van der Waals surface area contributed by atoms with Crippen LogP contribution in [0.5, 0.6) is 0 Å². The van der Waals surface area contributed by atoms with Crippen molar-refractivity contribution in [3.63, 3.8) is 0 Å². The Bertz CT molecular complexity index is 522. The Morgan fingerprint density at radius 3 is 2.63 bits per heavy atom. The number of carboxylic acids is 1. The molecule has 1 aromatic rings. The SMILES string of the molecule is [N-]=[N+]=NCCN(N=Cc1ccccc1)C(=O)C(=O)O. The minimum absolute atomic E-state index is 0.0539. The first kappa shape index (κ1) is 14.2. The van der Waals surface area contributed by atoms with E-state index in [-0.39, 0.29) is 13.1 Å². The van der Waals surface area contributed by atoms with Gasteiger partial charge in [0.05, 0.1) is 12.8 Å². The van der Waals surface area contributed by atoms with E-state index in [9.17, 15) is 9.59 Å². The lowest BCUT2D eigenvalue weighted by Crippen LogP contribution is -2.34. The molecular formula is C11H11N5O3. The van der Waals surface area contributed by atoms with E-state index in [2.05, 4.69) is 15.1 Å². The maximum atomic E-state index is 11.3. The second-order valence-electron chi connectivity index (χ2n) is 3.34. The molecule has 0 saturated carbocycles. The summed E-state index contributed by atoms with van der Waals surface area (Å²) in [4.78, 5) is 24.5. The second kappa shape index (κ2) is 7.46. The molecule has 0 aliphatic carbocycles. The molecule has 0 saturated heterocycles. The number of carbonyl (C=O) groups excluding carboxylic acids is 1. The molecule has 0 bridgehead atoms. The van der Waals surface area contributed by atoms with Crippen LogP contribution in [-0.2, 0) is 9.59 Å². The molecule has 0 radical (unpaired) electrons. The van der Waals surface area contributed by atoms with Crippen molar-refractivity contribution in [2.75, 3.05) is 13.1 Å². The lowest BCUT2D eigenvalue weighted by molar-refractivity contribution is -0.155. The number of amides is 1. The van der Waals surface area contributed by atoms with Crippen molar-refractivity contribution >= 4 is 18.1 Å². The number of carboxylic acid groups (broad SMARTS) is 1. The molecule has 0 aliphatic rings. The maximum absolute atomic E-state index is 11.3. The Morgan fingerprint density at radius 2 is 2.05 bits per heavy atom. The monoisotopic (exact) mass is 261 g/mol. The van der Waals surface area contributed by atoms with E-state index in [1.807, 2.05) is 6.07 Å². The zero-order valence-corrected chi connectivity index (χ0v) is 9.88. The summed E-state index contributed by atoms with van der Waals surface area (Å²) in [5.74, 6) is -2.80. The first-order valence-corrected chi connectivity index (χ1v) is 5.30. The van der Waals surface area contributed by atoms with E-state index in [4.69, 9.17) is 10.6 Å². The van der Waals surface area contributed by atoms with E-state index in [1.165, 1.54) is 6.21 Å². The molecule has 1 N–H and O–H groups in total. The van der Waals surface area contributed by atoms with Crippen molar-refractivity contribution in [2.45, 2.75) is 0 Å². The number of nitrogens with zero attached hydrogens (tertiary/aromatic N) is 5. The smallest absolute Gasteiger partial charge is 0.396 e. The third-order valence-electron chi connectivity index (χ3n) is 2.04. The number of hydrazone groups is 1. The van der Waals surface area contributed by atoms with Gasteiger partial charge < -0.3 is 5.11 Å². The topological polar surface area (TPSA) is 119 Å². The molecule has 0 unspecified atom stereocenters. The van der Waals surface area contributed by atoms with Crippen LogP contribution in [0.3, 0.4) is 0 Å². The number of benzene rings is 1. The van der Waals surface area contributed by atoms with E-state index in [0.717, 1.165) is 10.6 Å². The quantitative estimate of drug-likeness (QED) is 0.214. The van der Waals surface area contributed by atoms with E-state index < -0.39 is 11.9 Å². The second-order valence-corrected chi connectivity index (χ2v) is 3.34. The lowest BCUT2D eigenvalue weighted by atomic mass is 10.2. The van der Waals surface area contributed by atoms with Crippen LogP contribution in [-0.4, -0.2) is 41.3 Å². The minimum atomic E-state index is -1.62. The Balaban J connectivity index is 2.78. The lowest BCUT2D eigenvalue weighted by Gasteiger charge is -2.12. The van der Waals surface area contributed by atoms with E-state index >= 15 is 0 Å². The fourth-order valence-corrected chi connectivity index (χ4v) is 1.18. The molecule has 1 aromatic carbocycles. The Morgan fingerprint density at radius 1 is 1.37 bits per heavy atom. The highest BCUT2D eigenvalue weighted by molar-refractivity contribution is 6.31. The van der Waals surface area contributed by atoms with Crippen LogP contribution in [0, 0.1) is 0 Å². The summed E-state index contributed by atoms with van der Waals surface area (Å²) in [6.07, 6.45) is 1.36. The predicted molar refractivity (Wildman–Crippen MR) is 67.4 cm³/mol. The molecule has 19 heavy (non-hydrogen) atoms. The summed E-state index contributed by atoms with van der Waals surface area (Å²) >= 11 is 0. The maximum Gasteiger partial charge on any atom is 0.396 e. The van der Waals surface area contributed by atoms with Gasteiger partial charge in [0, 0.05) is 11.5 Å². The predicted octanol–water partition coefficient (Wildman–Crippen LogP) is 1.24. The summed E-state index contributed by atoms with van der Waals surface area (Å²) in [5.41, 5.74) is 8.85. The zero-order chi connectivity index (χ0) is 14.1. The van der Waals surface area contributed by atoms with Gasteiger partial charge in [-0.15, -0.1) is 0 Å². The van der Waals surface area contributed by atoms with Gasteiger partial charge in [-0.05, 0) is 11.1 Å². The Kier molecular flexibility index (Phi) is 5.58. The molecule has 1 rings (SSSR count). The molecule has 0 atom stereocenters. The van der Waals surface area contributed by atoms with Crippen LogP contribution in [0.15, 0.2) is 40.5 Å². The molecule has 98 valence electrons. The molecular weight excluding hydrogens is 250 g/mol. The number of rotatable bonds is 5. The van der Waals surface area contributed by atoms with Gasteiger partial charge in [0.15, 0.2) is 0 Å². The van der Waals surface area contributed by atoms with Crippen molar-refractivity contribution in [1.82, 2.24) is 5.01 Å². The van der Waals surface area contributed by atoms with Gasteiger partial charge in [0.1, 0.15) is 0 Å². The van der Waals surface area contributed by atoms with Crippen molar-refractivity contribution in [1.29, 1.82) is 0 Å². The largest absolute Gasteiger partial charge is 0.474 e. The average Bonchev–Trinajstić information content (AvgIpc) is 2.43. The number of hydrogen-bond donors (Lipinski definition) is 1. The van der Waals surface area contributed by atoms with Crippen LogP contribution in [0.4, 0.5) is 0 Å². The fraction of sp³-hybridized carbons (Fsp3) is 0.182. The van der Waals surface area contributed by atoms with Crippen LogP contribution in [0.2, 0.25) is 0 Å². The first-order chi connectivity index (χ1) is 9.15. The van der Waals surface area contributed by atoms with E-state index in [1.54, 1.807) is 24.3 Å². The first-order valence-electron chi connectivity index (χ1n) is 5.30. The Labute approximate surface area is 108 Å². The molecule has 0 aliphatic heterocycles. The van der Waals surface area contributed by atoms with Gasteiger partial charge in [-0.3, -0.25) is 4.79 Å². The summed E-state index contributed by atoms with van der Waals surface area (Å²) < 4.78 is 0. The van der Waals surface area contributed by atoms with Gasteiger partial charge in [0.25, 0.3) is 0 Å². The van der Waals surface area contributed by atoms with Crippen molar-refractivity contribution in [3.05, 3.63) is 46.3 Å². The number of aliphatic carboxylic acids is 1. The van der Waals surface area contributed by atoms with Gasteiger partial charge in [0.2, 0.25) is 0 Å². The van der Waals surface area contributed by atoms with Crippen LogP contribution in [0.1, 0.15) is 5.56 Å². The van der Waals surface area contributed by atoms with Gasteiger partial charge in [-0.2, -0.15) is 5.10 Å². The highest BCUT2D eigenvalue weighted by Crippen LogP contribution is 1.97. The summed E-state index contributed by atoms with van der Waals surface area (Å²) in [5, 5.41) is 16.4. The Hall–Kier alpha value is -2.86. The highest BCUT2D eigenvalue weighted by Gasteiger charge is 2.19. The molecule has 0 aromatic heterocycles. The number of azide groups is 1. The molecule has 8 nitrogen and oxygen atoms in total. The fourth-order valence-electron chi connectivity index (χ4n) is 1.18. The van der Waals surface area contributed by atoms with E-state index in [0.29, 0.717) is 0 Å². The zero-order valence-electron chi connectivity index (χ0n) is 9.88. The molecule has 0 spiro atoms. The van der Waals surface area contributed by atoms with Crippen LogP contribution >= 0.6 is 0 Å². The van der Waals surface area contributed by atoms with Crippen LogP contribution in [0.25, 0.3) is 10.4 Å². The average molecular weight is 261 g/mol. The minimum Gasteiger partial charge on any atom is -0.474 e. The van der Waals surface area contributed by atoms with Gasteiger partial charge in [-0.1, -0.05) is 35.4 Å². The van der Waals surface area contributed by atoms with Crippen molar-refractivity contribution in [3.8, 4) is 0 Å².